The number of rotatable bonds is 7. The van der Waals surface area contributed by atoms with Crippen molar-refractivity contribution in [2.24, 2.45) is 0 Å². The Morgan fingerprint density at radius 3 is 2.68 bits per heavy atom. The predicted molar refractivity (Wildman–Crippen MR) is 153 cm³/mol. The van der Waals surface area contributed by atoms with E-state index in [1.54, 1.807) is 22.7 Å². The van der Waals surface area contributed by atoms with Gasteiger partial charge in [-0.05, 0) is 62.2 Å². The van der Waals surface area contributed by atoms with Crippen LogP contribution in [-0.4, -0.2) is 47.4 Å². The number of aromatic nitrogens is 2. The highest BCUT2D eigenvalue weighted by Gasteiger charge is 2.36. The van der Waals surface area contributed by atoms with Crippen molar-refractivity contribution in [1.29, 1.82) is 0 Å². The van der Waals surface area contributed by atoms with Gasteiger partial charge in [0.15, 0.2) is 0 Å². The zero-order valence-corrected chi connectivity index (χ0v) is 25.6. The zero-order chi connectivity index (χ0) is 24.7. The second kappa shape index (κ2) is 10.2. The van der Waals surface area contributed by atoms with Crippen molar-refractivity contribution in [2.45, 2.75) is 77.7 Å². The number of carbonyl (C=O) groups is 1. The molecule has 4 rings (SSSR count). The van der Waals surface area contributed by atoms with Crippen LogP contribution in [-0.2, 0) is 16.2 Å². The summed E-state index contributed by atoms with van der Waals surface area (Å²) < 4.78 is 18.0. The van der Waals surface area contributed by atoms with E-state index in [0.29, 0.717) is 13.3 Å². The van der Waals surface area contributed by atoms with Gasteiger partial charge in [0.2, 0.25) is 0 Å². The Morgan fingerprint density at radius 1 is 1.24 bits per heavy atom. The van der Waals surface area contributed by atoms with Crippen molar-refractivity contribution in [3.63, 3.8) is 0 Å². The van der Waals surface area contributed by atoms with E-state index in [2.05, 4.69) is 57.6 Å². The minimum absolute atomic E-state index is 0.109. The van der Waals surface area contributed by atoms with Crippen LogP contribution in [0.15, 0.2) is 17.0 Å². The highest BCUT2D eigenvalue weighted by molar-refractivity contribution is 14.1. The molecule has 10 heteroatoms. The number of likely N-dealkylation sites (tertiary alicyclic amines) is 1. The topological polar surface area (TPSA) is 56.6 Å². The molecule has 34 heavy (non-hydrogen) atoms. The lowest BCUT2D eigenvalue weighted by Gasteiger charge is -2.29. The van der Waals surface area contributed by atoms with Gasteiger partial charge < -0.3 is 14.0 Å². The summed E-state index contributed by atoms with van der Waals surface area (Å²) in [5.41, 5.74) is 1.73. The van der Waals surface area contributed by atoms with Crippen molar-refractivity contribution in [2.75, 3.05) is 13.2 Å². The van der Waals surface area contributed by atoms with Crippen LogP contribution in [0.3, 0.4) is 0 Å². The number of halogens is 1. The highest BCUT2D eigenvalue weighted by atomic mass is 127. The summed E-state index contributed by atoms with van der Waals surface area (Å²) >= 11 is 5.96. The molecule has 3 aromatic rings. The lowest BCUT2D eigenvalue weighted by molar-refractivity contribution is 0.0204. The molecule has 1 unspecified atom stereocenters. The molecule has 6 nitrogen and oxygen atoms in total. The van der Waals surface area contributed by atoms with Crippen LogP contribution in [0.1, 0.15) is 45.5 Å². The average Bonchev–Trinajstić information content (AvgIpc) is 3.48. The lowest BCUT2D eigenvalue weighted by Crippen LogP contribution is -2.37. The van der Waals surface area contributed by atoms with E-state index in [9.17, 15) is 4.79 Å². The zero-order valence-electron chi connectivity index (χ0n) is 20.8. The van der Waals surface area contributed by atoms with Gasteiger partial charge in [-0.1, -0.05) is 19.6 Å². The predicted octanol–water partition coefficient (Wildman–Crippen LogP) is 7.82. The Bertz CT molecular complexity index is 1160. The molecule has 0 saturated carbocycles. The van der Waals surface area contributed by atoms with Gasteiger partial charge in [0, 0.05) is 41.1 Å². The molecule has 1 saturated heterocycles. The number of carbonyl (C=O) groups excluding carboxylic acids is 1. The van der Waals surface area contributed by atoms with Crippen molar-refractivity contribution < 1.29 is 14.3 Å². The number of amides is 1. The molecule has 186 valence electrons. The minimum atomic E-state index is -1.18. The molecule has 3 aromatic heterocycles. The summed E-state index contributed by atoms with van der Waals surface area (Å²) in [6.07, 6.45) is 3.50. The molecule has 1 amide bonds. The maximum absolute atomic E-state index is 13.0. The van der Waals surface area contributed by atoms with E-state index >= 15 is 0 Å². The minimum Gasteiger partial charge on any atom is -0.444 e. The van der Waals surface area contributed by atoms with Gasteiger partial charge in [0.25, 0.3) is 0 Å². The molecule has 1 atom stereocenters. The Hall–Kier alpha value is -0.953. The fourth-order valence-electron chi connectivity index (χ4n) is 4.08. The van der Waals surface area contributed by atoms with Gasteiger partial charge in [-0.2, -0.15) is 0 Å². The van der Waals surface area contributed by atoms with Crippen LogP contribution in [0.25, 0.3) is 20.7 Å². The molecule has 0 aliphatic carbocycles. The number of ether oxygens (including phenoxy) is 2. The van der Waals surface area contributed by atoms with Gasteiger partial charge in [-0.3, -0.25) is 4.90 Å². The molecule has 0 N–H and O–H groups in total. The summed E-state index contributed by atoms with van der Waals surface area (Å²) in [4.78, 5) is 19.7. The van der Waals surface area contributed by atoms with Crippen molar-refractivity contribution in [1.82, 2.24) is 14.5 Å². The number of thiophene rings is 2. The quantitative estimate of drug-likeness (QED) is 0.152. The largest absolute Gasteiger partial charge is 0.444 e. The van der Waals surface area contributed by atoms with Crippen LogP contribution in [0, 0.1) is 3.57 Å². The van der Waals surface area contributed by atoms with E-state index < -0.39 is 13.7 Å². The molecule has 0 bridgehead atoms. The molecule has 0 aromatic carbocycles. The Morgan fingerprint density at radius 2 is 1.97 bits per heavy atom. The molecule has 1 fully saturated rings. The first-order valence-electron chi connectivity index (χ1n) is 11.7. The summed E-state index contributed by atoms with van der Waals surface area (Å²) in [7, 11) is -1.18. The van der Waals surface area contributed by atoms with Gasteiger partial charge in [-0.15, -0.1) is 22.7 Å². The monoisotopic (exact) mass is 631 g/mol. The third-order valence-corrected chi connectivity index (χ3v) is 11.3. The number of hydrogen-bond acceptors (Lipinski definition) is 6. The third kappa shape index (κ3) is 5.88. The third-order valence-electron chi connectivity index (χ3n) is 5.80. The van der Waals surface area contributed by atoms with Crippen LogP contribution in [0.5, 0.6) is 0 Å². The van der Waals surface area contributed by atoms with E-state index in [4.69, 9.17) is 14.5 Å². The molecular weight excluding hydrogens is 597 g/mol. The normalized spacial score (nSPS) is 17.1. The first-order chi connectivity index (χ1) is 15.9. The summed E-state index contributed by atoms with van der Waals surface area (Å²) in [5, 5.41) is 4.43. The fourth-order valence-corrected chi connectivity index (χ4v) is 8.20. The number of imidazole rings is 1. The Balaban J connectivity index is 1.67. The summed E-state index contributed by atoms with van der Waals surface area (Å²) in [6.45, 7) is 14.7. The fraction of sp³-hybridized carbons (Fsp3) is 0.583. The maximum Gasteiger partial charge on any atom is 0.410 e. The second-order valence-corrected chi connectivity index (χ2v) is 19.5. The van der Waals surface area contributed by atoms with Crippen LogP contribution in [0.2, 0.25) is 25.7 Å². The van der Waals surface area contributed by atoms with Gasteiger partial charge in [0.05, 0.1) is 27.3 Å². The molecular formula is C24H34IN3O3S2Si. The van der Waals surface area contributed by atoms with E-state index in [-0.39, 0.29) is 12.1 Å². The standard InChI is InChI=1S/C24H34IN3O3S2Si/c1-24(2,3)31-23(29)27-9-7-8-18(27)22-26-12-19(28(22)15-30-10-11-34(4,5)6)16-13-32-21-17(25)14-33-20(16)21/h12-14,18H,7-11,15H2,1-6H3. The molecule has 1 aliphatic heterocycles. The van der Waals surface area contributed by atoms with Gasteiger partial charge in [-0.25, -0.2) is 9.78 Å². The van der Waals surface area contributed by atoms with Gasteiger partial charge in [0.1, 0.15) is 18.2 Å². The molecule has 0 radical (unpaired) electrons. The SMILES string of the molecule is CC(C)(C)OC(=O)N1CCCC1c1ncc(-c2csc3c(I)csc23)n1COCC[Si](C)(C)C. The molecule has 1 aliphatic rings. The lowest BCUT2D eigenvalue weighted by atomic mass is 10.2. The Kier molecular flexibility index (Phi) is 7.83. The number of fused-ring (bicyclic) bond motifs is 1. The van der Waals surface area contributed by atoms with Crippen molar-refractivity contribution in [3.05, 3.63) is 26.4 Å². The van der Waals surface area contributed by atoms with Gasteiger partial charge >= 0.3 is 6.09 Å². The van der Waals surface area contributed by atoms with E-state index in [0.717, 1.165) is 37.0 Å². The summed E-state index contributed by atoms with van der Waals surface area (Å²) in [6, 6.07) is 1.01. The van der Waals surface area contributed by atoms with E-state index in [1.807, 2.05) is 31.9 Å². The smallest absolute Gasteiger partial charge is 0.410 e. The second-order valence-electron chi connectivity index (χ2n) is 11.0. The van der Waals surface area contributed by atoms with Crippen LogP contribution in [0.4, 0.5) is 4.79 Å². The van der Waals surface area contributed by atoms with Crippen LogP contribution >= 0.6 is 45.3 Å². The number of nitrogens with zero attached hydrogens (tertiary/aromatic N) is 3. The highest BCUT2D eigenvalue weighted by Crippen LogP contribution is 2.42. The maximum atomic E-state index is 13.0. The first kappa shape index (κ1) is 26.1. The van der Waals surface area contributed by atoms with Crippen molar-refractivity contribution in [3.8, 4) is 11.3 Å². The molecule has 0 spiro atoms. The van der Waals surface area contributed by atoms with Crippen molar-refractivity contribution >= 4 is 68.8 Å². The number of hydrogen-bond donors (Lipinski definition) is 0. The summed E-state index contributed by atoms with van der Waals surface area (Å²) in [5.74, 6) is 0.886. The van der Waals surface area contributed by atoms with Crippen LogP contribution < -0.4 is 0 Å². The average molecular weight is 632 g/mol. The first-order valence-corrected chi connectivity index (χ1v) is 18.3. The van der Waals surface area contributed by atoms with E-state index in [1.165, 1.54) is 18.5 Å². The molecule has 4 heterocycles. The Labute approximate surface area is 224 Å².